The van der Waals surface area contributed by atoms with Crippen molar-refractivity contribution in [3.63, 3.8) is 0 Å². The molecular formula is C26H34N4O6. The van der Waals surface area contributed by atoms with Crippen LogP contribution in [-0.4, -0.2) is 64.7 Å². The van der Waals surface area contributed by atoms with E-state index in [1.54, 1.807) is 74.5 Å². The predicted octanol–water partition coefficient (Wildman–Crippen LogP) is -0.0136. The first-order chi connectivity index (χ1) is 17.1. The summed E-state index contributed by atoms with van der Waals surface area (Å²) in [4.78, 5) is 50.2. The minimum Gasteiger partial charge on any atom is -0.480 e. The van der Waals surface area contributed by atoms with Gasteiger partial charge in [0.25, 0.3) is 0 Å². The molecule has 2 aromatic rings. The van der Waals surface area contributed by atoms with E-state index in [1.165, 1.54) is 0 Å². The lowest BCUT2D eigenvalue weighted by Gasteiger charge is -2.25. The molecule has 0 heterocycles. The number of rotatable bonds is 13. The molecule has 0 aliphatic heterocycles. The van der Waals surface area contributed by atoms with E-state index in [-0.39, 0.29) is 18.8 Å². The van der Waals surface area contributed by atoms with Crippen molar-refractivity contribution >= 4 is 23.7 Å². The summed E-state index contributed by atoms with van der Waals surface area (Å²) in [5.41, 5.74) is 7.26. The third kappa shape index (κ3) is 8.79. The lowest BCUT2D eigenvalue weighted by atomic mass is 10.0. The molecule has 0 aliphatic rings. The minimum atomic E-state index is -1.34. The Morgan fingerprint density at radius 1 is 0.722 bits per heavy atom. The lowest BCUT2D eigenvalue weighted by molar-refractivity contribution is -0.142. The van der Waals surface area contributed by atoms with Crippen molar-refractivity contribution < 1.29 is 29.4 Å². The van der Waals surface area contributed by atoms with Gasteiger partial charge in [0.2, 0.25) is 17.7 Å². The summed E-state index contributed by atoms with van der Waals surface area (Å²) in [5.74, 6) is -3.54. The van der Waals surface area contributed by atoms with Gasteiger partial charge in [-0.25, -0.2) is 4.79 Å². The van der Waals surface area contributed by atoms with Gasteiger partial charge in [0, 0.05) is 12.8 Å². The lowest BCUT2D eigenvalue weighted by Crippen LogP contribution is -2.59. The molecule has 10 nitrogen and oxygen atoms in total. The van der Waals surface area contributed by atoms with Gasteiger partial charge in [0.05, 0.1) is 12.6 Å². The summed E-state index contributed by atoms with van der Waals surface area (Å²) in [7, 11) is 0. The zero-order valence-electron chi connectivity index (χ0n) is 20.4. The second-order valence-electron chi connectivity index (χ2n) is 8.85. The van der Waals surface area contributed by atoms with Gasteiger partial charge in [-0.1, -0.05) is 74.5 Å². The van der Waals surface area contributed by atoms with Gasteiger partial charge in [0.1, 0.15) is 18.1 Å². The smallest absolute Gasteiger partial charge is 0.326 e. The second-order valence-corrected chi connectivity index (χ2v) is 8.85. The molecule has 10 heteroatoms. The molecule has 0 aliphatic carbocycles. The van der Waals surface area contributed by atoms with Crippen molar-refractivity contribution in [1.29, 1.82) is 0 Å². The van der Waals surface area contributed by atoms with E-state index in [0.717, 1.165) is 11.1 Å². The predicted molar refractivity (Wildman–Crippen MR) is 134 cm³/mol. The number of carboxylic acid groups (broad SMARTS) is 1. The second kappa shape index (κ2) is 14.0. The number of aliphatic carboxylic acids is 1. The molecule has 4 atom stereocenters. The molecule has 2 rings (SSSR count). The zero-order valence-corrected chi connectivity index (χ0v) is 20.4. The Balaban J connectivity index is 2.19. The van der Waals surface area contributed by atoms with Crippen LogP contribution < -0.4 is 21.7 Å². The molecule has 36 heavy (non-hydrogen) atoms. The van der Waals surface area contributed by atoms with Crippen LogP contribution in [0, 0.1) is 5.92 Å². The molecular weight excluding hydrogens is 464 g/mol. The van der Waals surface area contributed by atoms with E-state index >= 15 is 0 Å². The Bertz CT molecular complexity index is 1020. The van der Waals surface area contributed by atoms with Gasteiger partial charge in [-0.05, 0) is 17.0 Å². The van der Waals surface area contributed by atoms with E-state index in [0.29, 0.717) is 0 Å². The van der Waals surface area contributed by atoms with E-state index in [9.17, 15) is 29.4 Å². The maximum absolute atomic E-state index is 13.2. The average molecular weight is 499 g/mol. The van der Waals surface area contributed by atoms with E-state index in [1.807, 2.05) is 0 Å². The maximum Gasteiger partial charge on any atom is 0.326 e. The maximum atomic E-state index is 13.2. The number of carbonyl (C=O) groups excluding carboxylic acids is 3. The van der Waals surface area contributed by atoms with Crippen LogP contribution in [0.3, 0.4) is 0 Å². The Morgan fingerprint density at radius 2 is 1.14 bits per heavy atom. The summed E-state index contributed by atoms with van der Waals surface area (Å²) >= 11 is 0. The van der Waals surface area contributed by atoms with Crippen molar-refractivity contribution in [3.8, 4) is 0 Å². The van der Waals surface area contributed by atoms with Crippen molar-refractivity contribution in [3.05, 3.63) is 71.8 Å². The first-order valence-electron chi connectivity index (χ1n) is 11.7. The fraction of sp³-hybridized carbons (Fsp3) is 0.385. The standard InChI is InChI=1S/C26H34N4O6/c1-16(2)22(27)25(34)30-21(15-31)24(33)28-19(13-17-9-5-3-6-10-17)23(32)29-20(26(35)36)14-18-11-7-4-8-12-18/h3-12,16,19-22,31H,13-15,27H2,1-2H3,(H,28,33)(H,29,32)(H,30,34)(H,35,36). The molecule has 3 amide bonds. The molecule has 4 unspecified atom stereocenters. The first kappa shape index (κ1) is 28.5. The third-order valence-corrected chi connectivity index (χ3v) is 5.65. The highest BCUT2D eigenvalue weighted by Crippen LogP contribution is 2.08. The fourth-order valence-corrected chi connectivity index (χ4v) is 3.42. The number of amides is 3. The SMILES string of the molecule is CC(C)C(N)C(=O)NC(CO)C(=O)NC(Cc1ccccc1)C(=O)NC(Cc1ccccc1)C(=O)O. The van der Waals surface area contributed by atoms with Gasteiger partial charge < -0.3 is 31.9 Å². The van der Waals surface area contributed by atoms with Gasteiger partial charge >= 0.3 is 5.97 Å². The largest absolute Gasteiger partial charge is 0.480 e. The number of aliphatic hydroxyl groups is 1. The van der Waals surface area contributed by atoms with Gasteiger partial charge in [-0.15, -0.1) is 0 Å². The quantitative estimate of drug-likeness (QED) is 0.225. The van der Waals surface area contributed by atoms with Crippen LogP contribution in [-0.2, 0) is 32.0 Å². The molecule has 0 saturated carbocycles. The van der Waals surface area contributed by atoms with Gasteiger partial charge in [-0.2, -0.15) is 0 Å². The van der Waals surface area contributed by atoms with Crippen LogP contribution in [0.2, 0.25) is 0 Å². The summed E-state index contributed by atoms with van der Waals surface area (Å²) in [6, 6.07) is 13.1. The Labute approximate surface area is 210 Å². The molecule has 0 fully saturated rings. The molecule has 0 radical (unpaired) electrons. The van der Waals surface area contributed by atoms with Gasteiger partial charge in [-0.3, -0.25) is 14.4 Å². The third-order valence-electron chi connectivity index (χ3n) is 5.65. The highest BCUT2D eigenvalue weighted by molar-refractivity contribution is 5.94. The van der Waals surface area contributed by atoms with E-state index < -0.39 is 54.5 Å². The molecule has 0 bridgehead atoms. The summed E-state index contributed by atoms with van der Waals surface area (Å²) in [5, 5.41) is 26.8. The Kier molecular flexibility index (Phi) is 11.0. The summed E-state index contributed by atoms with van der Waals surface area (Å²) in [6.07, 6.45) is 0.115. The molecule has 0 spiro atoms. The normalized spacial score (nSPS) is 14.2. The van der Waals surface area contributed by atoms with Crippen molar-refractivity contribution in [2.24, 2.45) is 11.7 Å². The van der Waals surface area contributed by atoms with Crippen LogP contribution in [0.4, 0.5) is 0 Å². The number of hydrogen-bond acceptors (Lipinski definition) is 6. The number of benzene rings is 2. The summed E-state index contributed by atoms with van der Waals surface area (Å²) in [6.45, 7) is 2.77. The molecule has 194 valence electrons. The topological polar surface area (TPSA) is 171 Å². The van der Waals surface area contributed by atoms with E-state index in [4.69, 9.17) is 5.73 Å². The van der Waals surface area contributed by atoms with Crippen LogP contribution in [0.1, 0.15) is 25.0 Å². The average Bonchev–Trinajstić information content (AvgIpc) is 2.86. The molecule has 0 saturated heterocycles. The van der Waals surface area contributed by atoms with E-state index in [2.05, 4.69) is 16.0 Å². The van der Waals surface area contributed by atoms with Crippen molar-refractivity contribution in [2.75, 3.05) is 6.61 Å². The number of hydrogen-bond donors (Lipinski definition) is 6. The number of carbonyl (C=O) groups is 4. The molecule has 0 aromatic heterocycles. The number of nitrogens with two attached hydrogens (primary N) is 1. The molecule has 2 aromatic carbocycles. The van der Waals surface area contributed by atoms with Crippen LogP contribution in [0.25, 0.3) is 0 Å². The number of aliphatic hydroxyl groups excluding tert-OH is 1. The van der Waals surface area contributed by atoms with Crippen molar-refractivity contribution in [1.82, 2.24) is 16.0 Å². The Hall–Kier alpha value is -3.76. The molecule has 7 N–H and O–H groups in total. The summed E-state index contributed by atoms with van der Waals surface area (Å²) < 4.78 is 0. The number of nitrogens with one attached hydrogen (secondary N) is 3. The van der Waals surface area contributed by atoms with Crippen LogP contribution in [0.5, 0.6) is 0 Å². The zero-order chi connectivity index (χ0) is 26.7. The Morgan fingerprint density at radius 3 is 1.58 bits per heavy atom. The highest BCUT2D eigenvalue weighted by Gasteiger charge is 2.30. The highest BCUT2D eigenvalue weighted by atomic mass is 16.4. The van der Waals surface area contributed by atoms with Gasteiger partial charge in [0.15, 0.2) is 0 Å². The fourth-order valence-electron chi connectivity index (χ4n) is 3.42. The van der Waals surface area contributed by atoms with Crippen LogP contribution >= 0.6 is 0 Å². The van der Waals surface area contributed by atoms with Crippen molar-refractivity contribution in [2.45, 2.75) is 50.9 Å². The minimum absolute atomic E-state index is 0.0519. The first-order valence-corrected chi connectivity index (χ1v) is 11.7. The number of carboxylic acids is 1. The monoisotopic (exact) mass is 498 g/mol. The van der Waals surface area contributed by atoms with Crippen LogP contribution in [0.15, 0.2) is 60.7 Å².